The van der Waals surface area contributed by atoms with Crippen molar-refractivity contribution in [2.75, 3.05) is 31.1 Å². The van der Waals surface area contributed by atoms with E-state index in [4.69, 9.17) is 21.6 Å². The van der Waals surface area contributed by atoms with E-state index in [-0.39, 0.29) is 5.91 Å². The molecule has 0 saturated carbocycles. The van der Waals surface area contributed by atoms with E-state index >= 15 is 0 Å². The largest absolute Gasteiger partial charge is 0.353 e. The van der Waals surface area contributed by atoms with Crippen LogP contribution in [0.3, 0.4) is 0 Å². The molecule has 0 aliphatic carbocycles. The quantitative estimate of drug-likeness (QED) is 0.557. The van der Waals surface area contributed by atoms with E-state index in [1.54, 1.807) is 0 Å². The molecule has 0 atom stereocenters. The first kappa shape index (κ1) is 22.3. The minimum absolute atomic E-state index is 0.186. The maximum Gasteiger partial charge on any atom is 0.227 e. The second-order valence-electron chi connectivity index (χ2n) is 8.21. The molecule has 1 aromatic heterocycles. The maximum atomic E-state index is 12.8. The van der Waals surface area contributed by atoms with Crippen LogP contribution in [0, 0.1) is 6.92 Å². The Morgan fingerprint density at radius 1 is 0.938 bits per heavy atom. The summed E-state index contributed by atoms with van der Waals surface area (Å²) in [5, 5.41) is 0.737. The molecular weight excluding hydrogens is 420 g/mol. The molecule has 2 aromatic carbocycles. The fraction of sp³-hybridized carbons (Fsp3) is 0.346. The first-order valence-corrected chi connectivity index (χ1v) is 11.6. The molecule has 1 aliphatic heterocycles. The zero-order valence-corrected chi connectivity index (χ0v) is 19.5. The van der Waals surface area contributed by atoms with Crippen molar-refractivity contribution in [1.29, 1.82) is 0 Å². The minimum atomic E-state index is 0.186. The second kappa shape index (κ2) is 10.1. The summed E-state index contributed by atoms with van der Waals surface area (Å²) < 4.78 is 0. The molecule has 2 heterocycles. The number of rotatable bonds is 6. The van der Waals surface area contributed by atoms with Crippen LogP contribution in [0.1, 0.15) is 35.1 Å². The summed E-state index contributed by atoms with van der Waals surface area (Å²) in [5.74, 6) is 1.98. The molecule has 6 heteroatoms. The van der Waals surface area contributed by atoms with Gasteiger partial charge in [-0.2, -0.15) is 0 Å². The Balaban J connectivity index is 1.50. The molecule has 0 unspecified atom stereocenters. The molecule has 1 amide bonds. The van der Waals surface area contributed by atoms with Gasteiger partial charge in [0.05, 0.1) is 6.42 Å². The number of piperazine rings is 1. The van der Waals surface area contributed by atoms with Gasteiger partial charge in [0, 0.05) is 48.9 Å². The highest BCUT2D eigenvalue weighted by Gasteiger charge is 2.25. The molecule has 5 nitrogen and oxygen atoms in total. The van der Waals surface area contributed by atoms with Gasteiger partial charge in [-0.3, -0.25) is 4.79 Å². The fourth-order valence-electron chi connectivity index (χ4n) is 4.23. The van der Waals surface area contributed by atoms with E-state index in [1.807, 2.05) is 54.3 Å². The highest BCUT2D eigenvalue weighted by molar-refractivity contribution is 6.30. The molecule has 3 aromatic rings. The average molecular weight is 449 g/mol. The van der Waals surface area contributed by atoms with Gasteiger partial charge in [0.15, 0.2) is 0 Å². The number of carbonyl (C=O) groups excluding carboxylic acids is 1. The summed E-state index contributed by atoms with van der Waals surface area (Å²) >= 11 is 6.07. The lowest BCUT2D eigenvalue weighted by Gasteiger charge is -2.36. The van der Waals surface area contributed by atoms with Crippen molar-refractivity contribution in [3.8, 4) is 0 Å². The SMILES string of the molecule is CCc1nc(C)nc(N2CCN(C(=O)Cc3ccccc3)CC2)c1Cc1ccc(Cl)cc1. The van der Waals surface area contributed by atoms with Crippen LogP contribution in [0.15, 0.2) is 54.6 Å². The lowest BCUT2D eigenvalue weighted by molar-refractivity contribution is -0.130. The number of hydrogen-bond acceptors (Lipinski definition) is 4. The number of hydrogen-bond donors (Lipinski definition) is 0. The number of amides is 1. The molecular formula is C26H29ClN4O. The van der Waals surface area contributed by atoms with Gasteiger partial charge in [-0.25, -0.2) is 9.97 Å². The first-order valence-electron chi connectivity index (χ1n) is 11.2. The van der Waals surface area contributed by atoms with E-state index in [0.717, 1.165) is 53.9 Å². The normalized spacial score (nSPS) is 14.0. The molecule has 0 bridgehead atoms. The molecule has 1 fully saturated rings. The summed E-state index contributed by atoms with van der Waals surface area (Å²) in [6.07, 6.45) is 2.08. The molecule has 32 heavy (non-hydrogen) atoms. The van der Waals surface area contributed by atoms with Gasteiger partial charge >= 0.3 is 0 Å². The summed E-state index contributed by atoms with van der Waals surface area (Å²) in [6.45, 7) is 7.04. The number of anilines is 1. The number of benzene rings is 2. The number of aromatic nitrogens is 2. The molecule has 166 valence electrons. The molecule has 4 rings (SSSR count). The topological polar surface area (TPSA) is 49.3 Å². The summed E-state index contributed by atoms with van der Waals surface area (Å²) in [4.78, 5) is 26.6. The van der Waals surface area contributed by atoms with Crippen LogP contribution in [0.2, 0.25) is 5.02 Å². The lowest BCUT2D eigenvalue weighted by Crippen LogP contribution is -2.49. The highest BCUT2D eigenvalue weighted by Crippen LogP contribution is 2.26. The first-order chi connectivity index (χ1) is 15.5. The number of nitrogens with zero attached hydrogens (tertiary/aromatic N) is 4. The van der Waals surface area contributed by atoms with Crippen LogP contribution in [0.4, 0.5) is 5.82 Å². The van der Waals surface area contributed by atoms with Gasteiger partial charge in [0.25, 0.3) is 0 Å². The molecule has 0 N–H and O–H groups in total. The van der Waals surface area contributed by atoms with Gasteiger partial charge in [-0.1, -0.05) is 61.0 Å². The zero-order chi connectivity index (χ0) is 22.5. The maximum absolute atomic E-state index is 12.8. The van der Waals surface area contributed by atoms with Gasteiger partial charge in [-0.05, 0) is 36.6 Å². The van der Waals surface area contributed by atoms with E-state index < -0.39 is 0 Å². The van der Waals surface area contributed by atoms with Crippen LogP contribution >= 0.6 is 11.6 Å². The van der Waals surface area contributed by atoms with Crippen molar-refractivity contribution in [3.63, 3.8) is 0 Å². The second-order valence-corrected chi connectivity index (χ2v) is 8.64. The van der Waals surface area contributed by atoms with Gasteiger partial charge in [-0.15, -0.1) is 0 Å². The number of carbonyl (C=O) groups is 1. The Morgan fingerprint density at radius 3 is 2.28 bits per heavy atom. The van der Waals surface area contributed by atoms with E-state index in [1.165, 1.54) is 11.1 Å². The van der Waals surface area contributed by atoms with Gasteiger partial charge < -0.3 is 9.80 Å². The predicted octanol–water partition coefficient (Wildman–Crippen LogP) is 4.48. The van der Waals surface area contributed by atoms with E-state index in [2.05, 4.69) is 24.0 Å². The Hall–Kier alpha value is -2.92. The highest BCUT2D eigenvalue weighted by atomic mass is 35.5. The lowest BCUT2D eigenvalue weighted by atomic mass is 10.0. The van der Waals surface area contributed by atoms with Gasteiger partial charge in [0.2, 0.25) is 5.91 Å². The van der Waals surface area contributed by atoms with Gasteiger partial charge in [0.1, 0.15) is 11.6 Å². The van der Waals surface area contributed by atoms with Crippen LogP contribution in [0.25, 0.3) is 0 Å². The van der Waals surface area contributed by atoms with Crippen LogP contribution in [-0.2, 0) is 24.1 Å². The average Bonchev–Trinajstić information content (AvgIpc) is 2.82. The minimum Gasteiger partial charge on any atom is -0.353 e. The zero-order valence-electron chi connectivity index (χ0n) is 18.7. The third-order valence-electron chi connectivity index (χ3n) is 5.94. The molecule has 1 saturated heterocycles. The van der Waals surface area contributed by atoms with E-state index in [9.17, 15) is 4.79 Å². The van der Waals surface area contributed by atoms with Crippen LogP contribution < -0.4 is 4.90 Å². The van der Waals surface area contributed by atoms with Crippen LogP contribution in [-0.4, -0.2) is 47.0 Å². The van der Waals surface area contributed by atoms with Crippen molar-refractivity contribution in [2.45, 2.75) is 33.1 Å². The Kier molecular flexibility index (Phi) is 7.05. The third kappa shape index (κ3) is 5.28. The molecule has 0 radical (unpaired) electrons. The summed E-state index contributed by atoms with van der Waals surface area (Å²) in [7, 11) is 0. The molecule has 0 spiro atoms. The Labute approximate surface area is 195 Å². The summed E-state index contributed by atoms with van der Waals surface area (Å²) in [5.41, 5.74) is 4.51. The van der Waals surface area contributed by atoms with Crippen molar-refractivity contribution >= 4 is 23.3 Å². The van der Waals surface area contributed by atoms with Crippen molar-refractivity contribution < 1.29 is 4.79 Å². The molecule has 1 aliphatic rings. The summed E-state index contributed by atoms with van der Waals surface area (Å²) in [6, 6.07) is 17.9. The Bertz CT molecular complexity index is 1060. The van der Waals surface area contributed by atoms with E-state index in [0.29, 0.717) is 19.5 Å². The monoisotopic (exact) mass is 448 g/mol. The fourth-order valence-corrected chi connectivity index (χ4v) is 4.36. The Morgan fingerprint density at radius 2 is 1.62 bits per heavy atom. The number of aryl methyl sites for hydroxylation is 2. The predicted molar refractivity (Wildman–Crippen MR) is 129 cm³/mol. The van der Waals surface area contributed by atoms with Crippen molar-refractivity contribution in [3.05, 3.63) is 87.8 Å². The van der Waals surface area contributed by atoms with Crippen LogP contribution in [0.5, 0.6) is 0 Å². The van der Waals surface area contributed by atoms with Crippen molar-refractivity contribution in [1.82, 2.24) is 14.9 Å². The third-order valence-corrected chi connectivity index (χ3v) is 6.19. The van der Waals surface area contributed by atoms with Crippen molar-refractivity contribution in [2.24, 2.45) is 0 Å². The number of halogens is 1. The smallest absolute Gasteiger partial charge is 0.227 e. The standard InChI is InChI=1S/C26H29ClN4O/c1-3-24-23(17-21-9-11-22(27)12-10-21)26(29-19(2)28-24)31-15-13-30(14-16-31)25(32)18-20-7-5-4-6-8-20/h4-12H,3,13-18H2,1-2H3.